The molecule has 13 nitrogen and oxygen atoms in total. The molecular weight excluding hydrogens is 310 g/mol. The highest BCUT2D eigenvalue weighted by Crippen LogP contribution is 2.10. The Balaban J connectivity index is 4.70. The van der Waals surface area contributed by atoms with Gasteiger partial charge >= 0.3 is 23.6 Å². The summed E-state index contributed by atoms with van der Waals surface area (Å²) in [5.41, 5.74) is -2.75. The molecular formula is C9H13N3O10. The third-order valence-corrected chi connectivity index (χ3v) is 2.36. The molecule has 0 aromatic rings. The van der Waals surface area contributed by atoms with Gasteiger partial charge in [0.25, 0.3) is 0 Å². The Bertz CT molecular complexity index is 460. The van der Waals surface area contributed by atoms with E-state index in [9.17, 15) is 34.6 Å². The fraction of sp³-hybridized carbons (Fsp3) is 0.667. The Morgan fingerprint density at radius 3 is 1.77 bits per heavy atom. The van der Waals surface area contributed by atoms with Gasteiger partial charge in [-0.3, -0.25) is 39.5 Å². The molecule has 0 saturated heterocycles. The van der Waals surface area contributed by atoms with Gasteiger partial charge in [-0.15, -0.1) is 0 Å². The van der Waals surface area contributed by atoms with Gasteiger partial charge in [0.05, 0.1) is 26.6 Å². The summed E-state index contributed by atoms with van der Waals surface area (Å²) in [6.45, 7) is -2.93. The highest BCUT2D eigenvalue weighted by molar-refractivity contribution is 5.76. The third-order valence-electron chi connectivity index (χ3n) is 2.36. The zero-order valence-electron chi connectivity index (χ0n) is 11.3. The van der Waals surface area contributed by atoms with Gasteiger partial charge in [0.1, 0.15) is 9.85 Å². The van der Waals surface area contributed by atoms with Gasteiger partial charge < -0.3 is 14.9 Å². The summed E-state index contributed by atoms with van der Waals surface area (Å²) in [5.74, 6) is -4.04. The Labute approximate surface area is 122 Å². The average Bonchev–Trinajstić information content (AvgIpc) is 2.33. The first kappa shape index (κ1) is 19.2. The summed E-state index contributed by atoms with van der Waals surface area (Å²) in [7, 11) is 0. The number of nitrogens with zero attached hydrogens (tertiary/aromatic N) is 3. The predicted octanol–water partition coefficient (Wildman–Crippen LogP) is -1.73. The van der Waals surface area contributed by atoms with Crippen molar-refractivity contribution >= 4 is 17.9 Å². The summed E-state index contributed by atoms with van der Waals surface area (Å²) in [6, 6.07) is 0. The number of carbonyl (C=O) groups is 3. The number of carboxylic acids is 2. The molecule has 13 heteroatoms. The van der Waals surface area contributed by atoms with E-state index in [1.165, 1.54) is 0 Å². The van der Waals surface area contributed by atoms with E-state index >= 15 is 0 Å². The van der Waals surface area contributed by atoms with Crippen LogP contribution in [-0.4, -0.2) is 74.8 Å². The molecule has 0 heterocycles. The highest BCUT2D eigenvalue weighted by Gasteiger charge is 2.52. The minimum atomic E-state index is -2.75. The van der Waals surface area contributed by atoms with Crippen LogP contribution in [0, 0.1) is 20.2 Å². The molecule has 0 rings (SSSR count). The molecule has 0 aromatic heterocycles. The van der Waals surface area contributed by atoms with Crippen LogP contribution in [0.5, 0.6) is 0 Å². The van der Waals surface area contributed by atoms with Gasteiger partial charge in [-0.1, -0.05) is 0 Å². The Morgan fingerprint density at radius 1 is 1.05 bits per heavy atom. The summed E-state index contributed by atoms with van der Waals surface area (Å²) in [4.78, 5) is 51.8. The number of carboxylic acid groups (broad SMARTS) is 2. The Morgan fingerprint density at radius 2 is 1.45 bits per heavy atom. The number of hydrogen-bond donors (Lipinski definition) is 2. The normalized spacial score (nSPS) is 11.0. The van der Waals surface area contributed by atoms with Crippen LogP contribution in [0.4, 0.5) is 0 Å². The standard InChI is InChI=1S/C9H13N3O10/c1-9(11(18)19,12(20)21)5-22-8(17)4-10(2-6(13)14)3-7(15)16/h2-5H2,1H3,(H,13,14)(H,15,16). The largest absolute Gasteiger partial charge is 0.488 e. The van der Waals surface area contributed by atoms with Crippen molar-refractivity contribution in [3.63, 3.8) is 0 Å². The summed E-state index contributed by atoms with van der Waals surface area (Å²) in [5, 5.41) is 38.3. The lowest BCUT2D eigenvalue weighted by Gasteiger charge is -2.17. The summed E-state index contributed by atoms with van der Waals surface area (Å²) in [6.07, 6.45) is 0. The fourth-order valence-corrected chi connectivity index (χ4v) is 1.17. The van der Waals surface area contributed by atoms with Crippen molar-refractivity contribution in [2.45, 2.75) is 12.6 Å². The van der Waals surface area contributed by atoms with Gasteiger partial charge in [0, 0.05) is 0 Å². The molecule has 0 unspecified atom stereocenters. The lowest BCUT2D eigenvalue weighted by atomic mass is 10.2. The van der Waals surface area contributed by atoms with E-state index in [4.69, 9.17) is 10.2 Å². The van der Waals surface area contributed by atoms with Crippen molar-refractivity contribution in [1.82, 2.24) is 4.90 Å². The van der Waals surface area contributed by atoms with Crippen molar-refractivity contribution in [3.05, 3.63) is 20.2 Å². The van der Waals surface area contributed by atoms with E-state index in [1.807, 2.05) is 0 Å². The van der Waals surface area contributed by atoms with E-state index in [0.717, 1.165) is 0 Å². The molecule has 0 radical (unpaired) electrons. The number of ether oxygens (including phenoxy) is 1. The lowest BCUT2D eigenvalue weighted by Crippen LogP contribution is -2.48. The average molecular weight is 323 g/mol. The number of esters is 1. The van der Waals surface area contributed by atoms with Gasteiger partial charge in [-0.05, 0) is 0 Å². The van der Waals surface area contributed by atoms with Gasteiger partial charge in [0.15, 0.2) is 0 Å². The Hall–Kier alpha value is -2.83. The maximum Gasteiger partial charge on any atom is 0.488 e. The smallest absolute Gasteiger partial charge is 0.480 e. The molecule has 22 heavy (non-hydrogen) atoms. The van der Waals surface area contributed by atoms with Crippen LogP contribution in [-0.2, 0) is 19.1 Å². The zero-order chi connectivity index (χ0) is 17.5. The summed E-state index contributed by atoms with van der Waals surface area (Å²) >= 11 is 0. The van der Waals surface area contributed by atoms with Crippen molar-refractivity contribution in [2.75, 3.05) is 26.2 Å². The van der Waals surface area contributed by atoms with Crippen molar-refractivity contribution in [3.8, 4) is 0 Å². The fourth-order valence-electron chi connectivity index (χ4n) is 1.17. The zero-order valence-corrected chi connectivity index (χ0v) is 11.3. The molecule has 0 saturated carbocycles. The van der Waals surface area contributed by atoms with Crippen molar-refractivity contribution < 1.29 is 39.2 Å². The SMILES string of the molecule is CC(COC(=O)CN(CC(=O)O)CC(=O)O)([N+](=O)[O-])[N+](=O)[O-]. The number of hydrogen-bond acceptors (Lipinski definition) is 9. The maximum absolute atomic E-state index is 11.4. The lowest BCUT2D eigenvalue weighted by molar-refractivity contribution is -0.793. The first-order chi connectivity index (χ1) is 9.98. The van der Waals surface area contributed by atoms with Gasteiger partial charge in [-0.25, -0.2) is 0 Å². The summed E-state index contributed by atoms with van der Waals surface area (Å²) < 4.78 is 4.37. The van der Waals surface area contributed by atoms with E-state index < -0.39 is 59.7 Å². The van der Waals surface area contributed by atoms with Gasteiger partial charge in [0.2, 0.25) is 6.61 Å². The minimum absolute atomic E-state index is 0.631. The van der Waals surface area contributed by atoms with Crippen LogP contribution in [0.2, 0.25) is 0 Å². The molecule has 0 aliphatic heterocycles. The van der Waals surface area contributed by atoms with Crippen LogP contribution in [0.25, 0.3) is 0 Å². The van der Waals surface area contributed by atoms with E-state index in [2.05, 4.69) is 4.74 Å². The number of carbonyl (C=O) groups excluding carboxylic acids is 1. The molecule has 124 valence electrons. The second kappa shape index (κ2) is 7.82. The topological polar surface area (TPSA) is 190 Å². The van der Waals surface area contributed by atoms with E-state index in [1.54, 1.807) is 0 Å². The quantitative estimate of drug-likeness (QED) is 0.201. The first-order valence-corrected chi connectivity index (χ1v) is 5.59. The van der Waals surface area contributed by atoms with Crippen LogP contribution < -0.4 is 0 Å². The molecule has 0 spiro atoms. The highest BCUT2D eigenvalue weighted by atomic mass is 16.7. The van der Waals surface area contributed by atoms with Crippen LogP contribution in [0.1, 0.15) is 6.92 Å². The molecule has 0 aliphatic rings. The maximum atomic E-state index is 11.4. The Kier molecular flexibility index (Phi) is 6.82. The molecule has 0 amide bonds. The monoisotopic (exact) mass is 323 g/mol. The van der Waals surface area contributed by atoms with Crippen molar-refractivity contribution in [1.29, 1.82) is 0 Å². The van der Waals surface area contributed by atoms with E-state index in [0.29, 0.717) is 11.8 Å². The molecule has 0 aliphatic carbocycles. The molecule has 0 fully saturated rings. The van der Waals surface area contributed by atoms with Crippen molar-refractivity contribution in [2.24, 2.45) is 0 Å². The van der Waals surface area contributed by atoms with Crippen LogP contribution >= 0.6 is 0 Å². The predicted molar refractivity (Wildman–Crippen MR) is 65.1 cm³/mol. The molecule has 0 atom stereocenters. The second-order valence-electron chi connectivity index (χ2n) is 4.32. The van der Waals surface area contributed by atoms with E-state index in [-0.39, 0.29) is 0 Å². The minimum Gasteiger partial charge on any atom is -0.480 e. The molecule has 0 bridgehead atoms. The van der Waals surface area contributed by atoms with Crippen LogP contribution in [0.15, 0.2) is 0 Å². The third kappa shape index (κ3) is 6.08. The van der Waals surface area contributed by atoms with Crippen LogP contribution in [0.3, 0.4) is 0 Å². The number of aliphatic carboxylic acids is 2. The molecule has 0 aromatic carbocycles. The van der Waals surface area contributed by atoms with Gasteiger partial charge in [-0.2, -0.15) is 0 Å². The molecule has 2 N–H and O–H groups in total. The number of rotatable bonds is 10. The number of nitro groups is 2. The second-order valence-corrected chi connectivity index (χ2v) is 4.32. The first-order valence-electron chi connectivity index (χ1n) is 5.59.